The summed E-state index contributed by atoms with van der Waals surface area (Å²) < 4.78 is 76.8. The summed E-state index contributed by atoms with van der Waals surface area (Å²) in [7, 11) is -3.45. The quantitative estimate of drug-likeness (QED) is 0.587. The minimum atomic E-state index is -4.71. The van der Waals surface area contributed by atoms with Crippen LogP contribution in [0.5, 0.6) is 0 Å². The minimum Gasteiger partial charge on any atom is -0.350 e. The SMILES string of the molecule is Cc1c(-c2ccc(S(C)(=O)=O)cc2)nc(NCc2ccc(F)cc2)nc1C(F)(F)F. The highest BCUT2D eigenvalue weighted by molar-refractivity contribution is 7.90. The van der Waals surface area contributed by atoms with Gasteiger partial charge in [-0.3, -0.25) is 0 Å². The van der Waals surface area contributed by atoms with Crippen LogP contribution >= 0.6 is 0 Å². The third-order valence-electron chi connectivity index (χ3n) is 4.33. The molecule has 10 heteroatoms. The zero-order valence-electron chi connectivity index (χ0n) is 16.0. The van der Waals surface area contributed by atoms with Gasteiger partial charge in [0.1, 0.15) is 5.82 Å². The summed E-state index contributed by atoms with van der Waals surface area (Å²) in [6, 6.07) is 10.9. The van der Waals surface area contributed by atoms with Crippen LogP contribution in [0.25, 0.3) is 11.3 Å². The van der Waals surface area contributed by atoms with E-state index in [0.717, 1.165) is 6.26 Å². The Balaban J connectivity index is 2.01. The van der Waals surface area contributed by atoms with Gasteiger partial charge in [-0.05, 0) is 36.8 Å². The van der Waals surface area contributed by atoms with E-state index in [1.54, 1.807) is 0 Å². The van der Waals surface area contributed by atoms with Gasteiger partial charge in [-0.15, -0.1) is 0 Å². The third-order valence-corrected chi connectivity index (χ3v) is 5.46. The van der Waals surface area contributed by atoms with E-state index in [9.17, 15) is 26.0 Å². The molecule has 0 fully saturated rings. The van der Waals surface area contributed by atoms with Crippen LogP contribution in [0, 0.1) is 12.7 Å². The Hall–Kier alpha value is -3.01. The molecule has 158 valence electrons. The normalized spacial score (nSPS) is 12.1. The van der Waals surface area contributed by atoms with E-state index in [0.29, 0.717) is 11.1 Å². The molecule has 30 heavy (non-hydrogen) atoms. The largest absolute Gasteiger partial charge is 0.433 e. The summed E-state index contributed by atoms with van der Waals surface area (Å²) in [5.74, 6) is -0.677. The Labute approximate surface area is 170 Å². The number of hydrogen-bond acceptors (Lipinski definition) is 5. The van der Waals surface area contributed by atoms with E-state index < -0.39 is 27.5 Å². The number of halogens is 4. The molecule has 0 aliphatic rings. The third kappa shape index (κ3) is 4.93. The lowest BCUT2D eigenvalue weighted by Gasteiger charge is -2.16. The summed E-state index contributed by atoms with van der Waals surface area (Å²) in [4.78, 5) is 7.84. The maximum atomic E-state index is 13.5. The second-order valence-electron chi connectivity index (χ2n) is 6.64. The van der Waals surface area contributed by atoms with Crippen molar-refractivity contribution < 1.29 is 26.0 Å². The first-order chi connectivity index (χ1) is 13.9. The van der Waals surface area contributed by atoms with Crippen LogP contribution in [0.2, 0.25) is 0 Å². The van der Waals surface area contributed by atoms with Gasteiger partial charge in [-0.25, -0.2) is 22.8 Å². The zero-order chi connectivity index (χ0) is 22.1. The van der Waals surface area contributed by atoms with Crippen molar-refractivity contribution in [2.75, 3.05) is 11.6 Å². The highest BCUT2D eigenvalue weighted by Crippen LogP contribution is 2.35. The van der Waals surface area contributed by atoms with Crippen molar-refractivity contribution in [3.8, 4) is 11.3 Å². The molecule has 0 radical (unpaired) electrons. The van der Waals surface area contributed by atoms with Crippen LogP contribution in [-0.4, -0.2) is 24.6 Å². The topological polar surface area (TPSA) is 72.0 Å². The molecule has 5 nitrogen and oxygen atoms in total. The number of nitrogens with zero attached hydrogens (tertiary/aromatic N) is 2. The van der Waals surface area contributed by atoms with E-state index >= 15 is 0 Å². The Bertz CT molecular complexity index is 1160. The van der Waals surface area contributed by atoms with E-state index in [4.69, 9.17) is 0 Å². The molecular weight excluding hydrogens is 422 g/mol. The molecule has 0 atom stereocenters. The van der Waals surface area contributed by atoms with Crippen molar-refractivity contribution in [1.82, 2.24) is 9.97 Å². The fourth-order valence-corrected chi connectivity index (χ4v) is 3.43. The average Bonchev–Trinajstić information content (AvgIpc) is 2.67. The van der Waals surface area contributed by atoms with Crippen molar-refractivity contribution in [2.45, 2.75) is 24.5 Å². The van der Waals surface area contributed by atoms with Gasteiger partial charge in [-0.1, -0.05) is 24.3 Å². The summed E-state index contributed by atoms with van der Waals surface area (Å²) in [6.07, 6.45) is -3.67. The highest BCUT2D eigenvalue weighted by Gasteiger charge is 2.36. The van der Waals surface area contributed by atoms with Crippen LogP contribution in [0.15, 0.2) is 53.4 Å². The molecule has 0 aliphatic carbocycles. The average molecular weight is 439 g/mol. The van der Waals surface area contributed by atoms with Crippen molar-refractivity contribution in [1.29, 1.82) is 0 Å². The molecule has 3 aromatic rings. The van der Waals surface area contributed by atoms with Gasteiger partial charge < -0.3 is 5.32 Å². The lowest BCUT2D eigenvalue weighted by Crippen LogP contribution is -2.15. The van der Waals surface area contributed by atoms with Gasteiger partial charge in [0.05, 0.1) is 10.6 Å². The molecule has 0 unspecified atom stereocenters. The molecular formula is C20H17F4N3O2S. The lowest BCUT2D eigenvalue weighted by atomic mass is 10.1. The molecule has 1 N–H and O–H groups in total. The Morgan fingerprint density at radius 2 is 1.57 bits per heavy atom. The molecule has 0 bridgehead atoms. The Morgan fingerprint density at radius 3 is 2.10 bits per heavy atom. The number of rotatable bonds is 5. The molecule has 0 spiro atoms. The second kappa shape index (κ2) is 8.02. The van der Waals surface area contributed by atoms with Gasteiger partial charge in [0.2, 0.25) is 5.95 Å². The van der Waals surface area contributed by atoms with Gasteiger partial charge >= 0.3 is 6.18 Å². The first kappa shape index (κ1) is 21.7. The molecule has 0 aliphatic heterocycles. The minimum absolute atomic E-state index is 0.0268. The van der Waals surface area contributed by atoms with Crippen molar-refractivity contribution >= 4 is 15.8 Å². The van der Waals surface area contributed by atoms with Crippen LogP contribution in [0.4, 0.5) is 23.5 Å². The van der Waals surface area contributed by atoms with Crippen molar-refractivity contribution in [2.24, 2.45) is 0 Å². The zero-order valence-corrected chi connectivity index (χ0v) is 16.8. The molecule has 0 saturated heterocycles. The summed E-state index contributed by atoms with van der Waals surface area (Å²) in [5, 5.41) is 2.73. The number of aromatic nitrogens is 2. The Kier molecular flexibility index (Phi) is 5.80. The smallest absolute Gasteiger partial charge is 0.350 e. The molecule has 1 heterocycles. The molecule has 3 rings (SSSR count). The van der Waals surface area contributed by atoms with Crippen LogP contribution in [0.3, 0.4) is 0 Å². The standard InChI is InChI=1S/C20H17F4N3O2S/c1-12-17(14-5-9-16(10-6-14)30(2,28)29)26-19(27-18(12)20(22,23)24)25-11-13-3-7-15(21)8-4-13/h3-10H,11H2,1-2H3,(H,25,26,27). The van der Waals surface area contributed by atoms with Gasteiger partial charge in [-0.2, -0.15) is 13.2 Å². The predicted molar refractivity (Wildman–Crippen MR) is 104 cm³/mol. The lowest BCUT2D eigenvalue weighted by molar-refractivity contribution is -0.141. The fraction of sp³-hybridized carbons (Fsp3) is 0.200. The number of benzene rings is 2. The maximum Gasteiger partial charge on any atom is 0.433 e. The van der Waals surface area contributed by atoms with E-state index in [-0.39, 0.29) is 28.6 Å². The maximum absolute atomic E-state index is 13.5. The molecule has 0 saturated carbocycles. The fourth-order valence-electron chi connectivity index (χ4n) is 2.80. The van der Waals surface area contributed by atoms with Crippen LogP contribution in [0.1, 0.15) is 16.8 Å². The number of nitrogens with one attached hydrogen (secondary N) is 1. The second-order valence-corrected chi connectivity index (χ2v) is 8.66. The van der Waals surface area contributed by atoms with E-state index in [1.807, 2.05) is 0 Å². The number of anilines is 1. The predicted octanol–water partition coefficient (Wildman–Crippen LogP) is 4.63. The van der Waals surface area contributed by atoms with Crippen LogP contribution < -0.4 is 5.32 Å². The summed E-state index contributed by atoms with van der Waals surface area (Å²) in [6.45, 7) is 1.35. The molecule has 1 aromatic heterocycles. The van der Waals surface area contributed by atoms with E-state index in [1.165, 1.54) is 55.5 Å². The Morgan fingerprint density at radius 1 is 0.967 bits per heavy atom. The molecule has 2 aromatic carbocycles. The first-order valence-electron chi connectivity index (χ1n) is 8.70. The monoisotopic (exact) mass is 439 g/mol. The first-order valence-corrected chi connectivity index (χ1v) is 10.6. The number of alkyl halides is 3. The van der Waals surface area contributed by atoms with Crippen LogP contribution in [-0.2, 0) is 22.6 Å². The number of hydrogen-bond donors (Lipinski definition) is 1. The van der Waals surface area contributed by atoms with Gasteiger partial charge in [0, 0.05) is 23.9 Å². The van der Waals surface area contributed by atoms with Crippen molar-refractivity contribution in [3.05, 3.63) is 71.2 Å². The summed E-state index contributed by atoms with van der Waals surface area (Å²) >= 11 is 0. The summed E-state index contributed by atoms with van der Waals surface area (Å²) in [5.41, 5.74) is -0.298. The van der Waals surface area contributed by atoms with Crippen molar-refractivity contribution in [3.63, 3.8) is 0 Å². The molecule has 0 amide bonds. The van der Waals surface area contributed by atoms with Gasteiger partial charge in [0.15, 0.2) is 15.5 Å². The van der Waals surface area contributed by atoms with Gasteiger partial charge in [0.25, 0.3) is 0 Å². The van der Waals surface area contributed by atoms with E-state index in [2.05, 4.69) is 15.3 Å². The number of sulfone groups is 1. The highest BCUT2D eigenvalue weighted by atomic mass is 32.2.